The Balaban J connectivity index is 1.79. The average Bonchev–Trinajstić information content (AvgIpc) is 2.62. The van der Waals surface area contributed by atoms with Gasteiger partial charge in [-0.2, -0.15) is 0 Å². The molecule has 0 spiro atoms. The number of hydrogen-bond donors (Lipinski definition) is 0. The molecule has 0 N–H and O–H groups in total. The van der Waals surface area contributed by atoms with E-state index < -0.39 is 15.8 Å². The molecule has 0 saturated carbocycles. The first kappa shape index (κ1) is 19.3. The van der Waals surface area contributed by atoms with Crippen LogP contribution in [0.15, 0.2) is 48.5 Å². The zero-order valence-electron chi connectivity index (χ0n) is 14.9. The highest BCUT2D eigenvalue weighted by atomic mass is 35.5. The van der Waals surface area contributed by atoms with Crippen LogP contribution in [0.25, 0.3) is 10.9 Å². The maximum absolute atomic E-state index is 12.4. The van der Waals surface area contributed by atoms with E-state index >= 15 is 0 Å². The molecule has 0 atom stereocenters. The van der Waals surface area contributed by atoms with E-state index in [0.29, 0.717) is 16.3 Å². The van der Waals surface area contributed by atoms with E-state index in [0.717, 1.165) is 22.7 Å². The number of pyridine rings is 1. The zero-order valence-corrected chi connectivity index (χ0v) is 16.5. The number of aromatic nitrogens is 1. The highest BCUT2D eigenvalue weighted by molar-refractivity contribution is 7.89. The molecule has 27 heavy (non-hydrogen) atoms. The Morgan fingerprint density at radius 1 is 1.15 bits per heavy atom. The van der Waals surface area contributed by atoms with Crippen LogP contribution in [-0.4, -0.2) is 25.6 Å². The van der Waals surface area contributed by atoms with Gasteiger partial charge in [0, 0.05) is 11.6 Å². The number of benzene rings is 2. The first-order valence-corrected chi connectivity index (χ1v) is 10.7. The molecule has 7 heteroatoms. The van der Waals surface area contributed by atoms with Crippen LogP contribution >= 0.6 is 11.6 Å². The van der Waals surface area contributed by atoms with Gasteiger partial charge in [0.2, 0.25) is 0 Å². The van der Waals surface area contributed by atoms with Crippen LogP contribution in [0, 0.1) is 6.92 Å². The van der Waals surface area contributed by atoms with Crippen LogP contribution in [0.3, 0.4) is 0 Å². The molecule has 3 rings (SSSR count). The van der Waals surface area contributed by atoms with Gasteiger partial charge in [0.05, 0.1) is 27.5 Å². The van der Waals surface area contributed by atoms with Crippen molar-refractivity contribution >= 4 is 38.3 Å². The molecule has 0 unspecified atom stereocenters. The number of carbonyl (C=O) groups is 1. The maximum atomic E-state index is 12.4. The van der Waals surface area contributed by atoms with Crippen molar-refractivity contribution in [3.8, 4) is 0 Å². The fourth-order valence-electron chi connectivity index (χ4n) is 2.82. The lowest BCUT2D eigenvalue weighted by molar-refractivity contribution is 0.0468. The summed E-state index contributed by atoms with van der Waals surface area (Å²) in [6, 6.07) is 14.0. The molecular formula is C20H18ClNO4S. The van der Waals surface area contributed by atoms with E-state index in [-0.39, 0.29) is 17.9 Å². The summed E-state index contributed by atoms with van der Waals surface area (Å²) in [5, 5.41) is 1.42. The van der Waals surface area contributed by atoms with Gasteiger partial charge in [0.1, 0.15) is 6.61 Å². The molecule has 0 amide bonds. The molecular weight excluding hydrogens is 386 g/mol. The Kier molecular flexibility index (Phi) is 5.48. The minimum Gasteiger partial charge on any atom is -0.456 e. The normalized spacial score (nSPS) is 11.5. The minimum absolute atomic E-state index is 0.0698. The molecule has 0 aliphatic heterocycles. The number of fused-ring (bicyclic) bond motifs is 1. The standard InChI is InChI=1S/C20H18ClNO4S/c1-13-16-8-3-4-9-17(16)22-18(19(13)21)11-26-20(23)15-7-5-6-14(10-15)12-27(2,24)25/h3-10H,11-12H2,1-2H3. The van der Waals surface area contributed by atoms with E-state index in [2.05, 4.69) is 4.98 Å². The van der Waals surface area contributed by atoms with Crippen LogP contribution in [-0.2, 0) is 26.9 Å². The fourth-order valence-corrected chi connectivity index (χ4v) is 3.80. The number of para-hydroxylation sites is 1. The average molecular weight is 404 g/mol. The third-order valence-corrected chi connectivity index (χ3v) is 5.44. The monoisotopic (exact) mass is 403 g/mol. The molecule has 0 aliphatic rings. The van der Waals surface area contributed by atoms with E-state index in [4.69, 9.17) is 16.3 Å². The van der Waals surface area contributed by atoms with Gasteiger partial charge >= 0.3 is 5.97 Å². The third-order valence-electron chi connectivity index (χ3n) is 4.08. The van der Waals surface area contributed by atoms with Crippen molar-refractivity contribution in [1.82, 2.24) is 4.98 Å². The van der Waals surface area contributed by atoms with E-state index in [1.807, 2.05) is 31.2 Å². The van der Waals surface area contributed by atoms with Gasteiger partial charge in [-0.3, -0.25) is 0 Å². The highest BCUT2D eigenvalue weighted by Crippen LogP contribution is 2.27. The quantitative estimate of drug-likeness (QED) is 0.599. The van der Waals surface area contributed by atoms with Gasteiger partial charge in [-0.25, -0.2) is 18.2 Å². The zero-order chi connectivity index (χ0) is 19.6. The second-order valence-corrected chi connectivity index (χ2v) is 8.88. The lowest BCUT2D eigenvalue weighted by Gasteiger charge is -2.11. The van der Waals surface area contributed by atoms with Crippen molar-refractivity contribution in [1.29, 1.82) is 0 Å². The summed E-state index contributed by atoms with van der Waals surface area (Å²) in [7, 11) is -3.19. The Morgan fingerprint density at radius 2 is 1.89 bits per heavy atom. The number of esters is 1. The number of halogens is 1. The largest absolute Gasteiger partial charge is 0.456 e. The smallest absolute Gasteiger partial charge is 0.338 e. The maximum Gasteiger partial charge on any atom is 0.338 e. The minimum atomic E-state index is -3.19. The van der Waals surface area contributed by atoms with E-state index in [1.165, 1.54) is 6.07 Å². The molecule has 5 nitrogen and oxygen atoms in total. The molecule has 0 fully saturated rings. The number of sulfone groups is 1. The molecule has 0 aliphatic carbocycles. The first-order chi connectivity index (χ1) is 12.7. The number of rotatable bonds is 5. The molecule has 0 saturated heterocycles. The summed E-state index contributed by atoms with van der Waals surface area (Å²) in [6.07, 6.45) is 1.15. The van der Waals surface area contributed by atoms with Crippen molar-refractivity contribution in [2.45, 2.75) is 19.3 Å². The number of aryl methyl sites for hydroxylation is 1. The second-order valence-electron chi connectivity index (χ2n) is 6.36. The van der Waals surface area contributed by atoms with E-state index in [1.54, 1.807) is 18.2 Å². The Bertz CT molecular complexity index is 1130. The third kappa shape index (κ3) is 4.64. The van der Waals surface area contributed by atoms with Gasteiger partial charge < -0.3 is 4.74 Å². The summed E-state index contributed by atoms with van der Waals surface area (Å²) in [5.41, 5.74) is 2.95. The van der Waals surface area contributed by atoms with E-state index in [9.17, 15) is 13.2 Å². The summed E-state index contributed by atoms with van der Waals surface area (Å²) < 4.78 is 28.2. The summed E-state index contributed by atoms with van der Waals surface area (Å²) in [4.78, 5) is 16.8. The number of ether oxygens (including phenoxy) is 1. The van der Waals surface area contributed by atoms with Crippen molar-refractivity contribution in [3.63, 3.8) is 0 Å². The lowest BCUT2D eigenvalue weighted by atomic mass is 10.1. The second kappa shape index (κ2) is 7.66. The number of carbonyl (C=O) groups excluding carboxylic acids is 1. The van der Waals surface area contributed by atoms with Gasteiger partial charge in [-0.15, -0.1) is 0 Å². The molecule has 0 radical (unpaired) electrons. The lowest BCUT2D eigenvalue weighted by Crippen LogP contribution is -2.08. The molecule has 1 aromatic heterocycles. The molecule has 0 bridgehead atoms. The summed E-state index contributed by atoms with van der Waals surface area (Å²) in [5.74, 6) is -0.695. The topological polar surface area (TPSA) is 73.3 Å². The predicted octanol–water partition coefficient (Wildman–Crippen LogP) is 4.10. The summed E-state index contributed by atoms with van der Waals surface area (Å²) >= 11 is 6.38. The van der Waals surface area contributed by atoms with Crippen molar-refractivity contribution in [2.75, 3.05) is 6.26 Å². The molecule has 2 aromatic carbocycles. The van der Waals surface area contributed by atoms with Crippen LogP contribution in [0.5, 0.6) is 0 Å². The van der Waals surface area contributed by atoms with Gasteiger partial charge in [0.15, 0.2) is 9.84 Å². The van der Waals surface area contributed by atoms with Crippen LogP contribution in [0.1, 0.15) is 27.2 Å². The highest BCUT2D eigenvalue weighted by Gasteiger charge is 2.14. The molecule has 3 aromatic rings. The van der Waals surface area contributed by atoms with Gasteiger partial charge in [-0.05, 0) is 36.2 Å². The van der Waals surface area contributed by atoms with Crippen molar-refractivity contribution in [2.24, 2.45) is 0 Å². The number of nitrogens with zero attached hydrogens (tertiary/aromatic N) is 1. The van der Waals surface area contributed by atoms with Crippen molar-refractivity contribution in [3.05, 3.63) is 75.9 Å². The van der Waals surface area contributed by atoms with Crippen molar-refractivity contribution < 1.29 is 17.9 Å². The van der Waals surface area contributed by atoms with Crippen LogP contribution in [0.2, 0.25) is 5.02 Å². The number of hydrogen-bond acceptors (Lipinski definition) is 5. The molecule has 140 valence electrons. The Morgan fingerprint density at radius 3 is 2.63 bits per heavy atom. The Labute approximate surface area is 162 Å². The molecule has 1 heterocycles. The summed E-state index contributed by atoms with van der Waals surface area (Å²) in [6.45, 7) is 1.83. The van der Waals surface area contributed by atoms with Gasteiger partial charge in [0.25, 0.3) is 0 Å². The predicted molar refractivity (Wildman–Crippen MR) is 106 cm³/mol. The fraction of sp³-hybridized carbons (Fsp3) is 0.200. The SMILES string of the molecule is Cc1c(Cl)c(COC(=O)c2cccc(CS(C)(=O)=O)c2)nc2ccccc12. The van der Waals surface area contributed by atoms with Crippen LogP contribution < -0.4 is 0 Å². The van der Waals surface area contributed by atoms with Gasteiger partial charge in [-0.1, -0.05) is 41.9 Å². The van der Waals surface area contributed by atoms with Crippen LogP contribution in [0.4, 0.5) is 0 Å². The first-order valence-electron chi connectivity index (χ1n) is 8.22. The Hall–Kier alpha value is -2.44.